The number of oxazole rings is 1. The fourth-order valence-electron chi connectivity index (χ4n) is 2.49. The van der Waals surface area contributed by atoms with Gasteiger partial charge in [-0.3, -0.25) is 4.79 Å². The van der Waals surface area contributed by atoms with Crippen LogP contribution in [0.4, 0.5) is 0 Å². The van der Waals surface area contributed by atoms with Crippen LogP contribution in [-0.4, -0.2) is 22.7 Å². The van der Waals surface area contributed by atoms with Crippen molar-refractivity contribution in [2.45, 2.75) is 26.7 Å². The first-order valence-corrected chi connectivity index (χ1v) is 8.84. The van der Waals surface area contributed by atoms with Crippen molar-refractivity contribution in [2.24, 2.45) is 0 Å². The van der Waals surface area contributed by atoms with Gasteiger partial charge in [0, 0.05) is 6.42 Å². The summed E-state index contributed by atoms with van der Waals surface area (Å²) in [5.41, 5.74) is 2.79. The molecule has 130 valence electrons. The first-order valence-electron chi connectivity index (χ1n) is 7.96. The number of nitrogens with zero attached hydrogens (tertiary/aromatic N) is 1. The molecule has 0 amide bonds. The summed E-state index contributed by atoms with van der Waals surface area (Å²) < 4.78 is 11.5. The maximum Gasteiger partial charge on any atom is 0.307 e. The molecule has 3 aromatic rings. The van der Waals surface area contributed by atoms with Gasteiger partial charge in [-0.2, -0.15) is 0 Å². The van der Waals surface area contributed by atoms with E-state index in [1.165, 1.54) is 5.56 Å². The van der Waals surface area contributed by atoms with Crippen molar-refractivity contribution in [3.05, 3.63) is 58.3 Å². The molecular formula is C19H19NO4S. The molecule has 0 bridgehead atoms. The summed E-state index contributed by atoms with van der Waals surface area (Å²) in [5.74, 6) is 1.25. The average Bonchev–Trinajstić information content (AvgIpc) is 3.13. The second kappa shape index (κ2) is 7.53. The molecule has 0 saturated heterocycles. The second-order valence-corrected chi connectivity index (χ2v) is 6.74. The Bertz CT molecular complexity index is 881. The third-order valence-corrected chi connectivity index (χ3v) is 4.73. The molecule has 25 heavy (non-hydrogen) atoms. The Morgan fingerprint density at radius 3 is 2.88 bits per heavy atom. The molecule has 0 atom stereocenters. The summed E-state index contributed by atoms with van der Waals surface area (Å²) in [5, 5.41) is 10.9. The van der Waals surface area contributed by atoms with Gasteiger partial charge in [-0.25, -0.2) is 4.98 Å². The van der Waals surface area contributed by atoms with Gasteiger partial charge in [0.25, 0.3) is 0 Å². The minimum atomic E-state index is -0.855. The Balaban J connectivity index is 1.61. The summed E-state index contributed by atoms with van der Waals surface area (Å²) in [6, 6.07) is 9.21. The summed E-state index contributed by atoms with van der Waals surface area (Å²) in [6.07, 6.45) is 0.617. The van der Waals surface area contributed by atoms with Crippen LogP contribution in [0.3, 0.4) is 0 Å². The SMILES string of the molecule is Cc1csc(-c2nc(CCOc3cccc(CC(=O)O)c3)c(C)o2)c1. The highest BCUT2D eigenvalue weighted by Gasteiger charge is 2.13. The molecule has 0 unspecified atom stereocenters. The van der Waals surface area contributed by atoms with Gasteiger partial charge in [-0.15, -0.1) is 11.3 Å². The van der Waals surface area contributed by atoms with Crippen LogP contribution in [-0.2, 0) is 17.6 Å². The number of carbonyl (C=O) groups is 1. The molecule has 0 radical (unpaired) electrons. The molecule has 1 aromatic carbocycles. The number of hydrogen-bond acceptors (Lipinski definition) is 5. The lowest BCUT2D eigenvalue weighted by Crippen LogP contribution is -2.04. The smallest absolute Gasteiger partial charge is 0.307 e. The number of aryl methyl sites for hydroxylation is 2. The largest absolute Gasteiger partial charge is 0.493 e. The number of thiophene rings is 1. The average molecular weight is 357 g/mol. The van der Waals surface area contributed by atoms with E-state index in [4.69, 9.17) is 14.3 Å². The molecule has 3 rings (SSSR count). The van der Waals surface area contributed by atoms with Gasteiger partial charge in [0.05, 0.1) is 23.6 Å². The van der Waals surface area contributed by atoms with Crippen LogP contribution in [0.1, 0.15) is 22.6 Å². The van der Waals surface area contributed by atoms with Crippen molar-refractivity contribution >= 4 is 17.3 Å². The van der Waals surface area contributed by atoms with Gasteiger partial charge < -0.3 is 14.3 Å². The fourth-order valence-corrected chi connectivity index (χ4v) is 3.32. The Labute approximate surface area is 149 Å². The van der Waals surface area contributed by atoms with Crippen LogP contribution in [0.2, 0.25) is 0 Å². The van der Waals surface area contributed by atoms with E-state index in [1.54, 1.807) is 29.5 Å². The highest BCUT2D eigenvalue weighted by atomic mass is 32.1. The van der Waals surface area contributed by atoms with Gasteiger partial charge in [0.1, 0.15) is 11.5 Å². The number of benzene rings is 1. The molecule has 0 fully saturated rings. The predicted molar refractivity (Wildman–Crippen MR) is 96.3 cm³/mol. The molecule has 6 heteroatoms. The summed E-state index contributed by atoms with van der Waals surface area (Å²) in [7, 11) is 0. The van der Waals surface area contributed by atoms with Crippen molar-refractivity contribution in [1.82, 2.24) is 4.98 Å². The zero-order valence-electron chi connectivity index (χ0n) is 14.1. The third-order valence-electron chi connectivity index (χ3n) is 3.70. The summed E-state index contributed by atoms with van der Waals surface area (Å²) >= 11 is 1.62. The van der Waals surface area contributed by atoms with Gasteiger partial charge in [0.15, 0.2) is 0 Å². The Kier molecular flexibility index (Phi) is 5.19. The molecular weight excluding hydrogens is 338 g/mol. The van der Waals surface area contributed by atoms with Crippen molar-refractivity contribution in [3.63, 3.8) is 0 Å². The Morgan fingerprint density at radius 2 is 2.16 bits per heavy atom. The molecule has 0 aliphatic carbocycles. The molecule has 0 spiro atoms. The lowest BCUT2D eigenvalue weighted by Gasteiger charge is -2.06. The standard InChI is InChI=1S/C19H19NO4S/c1-12-8-17(25-11-12)19-20-16(13(2)24-19)6-7-23-15-5-3-4-14(9-15)10-18(21)22/h3-5,8-9,11H,6-7,10H2,1-2H3,(H,21,22). The van der Waals surface area contributed by atoms with E-state index in [0.29, 0.717) is 24.7 Å². The number of rotatable bonds is 7. The summed E-state index contributed by atoms with van der Waals surface area (Å²) in [4.78, 5) is 16.4. The number of carboxylic acid groups (broad SMARTS) is 1. The van der Waals surface area contributed by atoms with Crippen LogP contribution < -0.4 is 4.74 Å². The molecule has 0 aliphatic rings. The van der Waals surface area contributed by atoms with E-state index in [2.05, 4.69) is 16.4 Å². The lowest BCUT2D eigenvalue weighted by atomic mass is 10.1. The van der Waals surface area contributed by atoms with E-state index in [0.717, 1.165) is 21.9 Å². The molecule has 0 saturated carbocycles. The quantitative estimate of drug-likeness (QED) is 0.684. The van der Waals surface area contributed by atoms with E-state index < -0.39 is 5.97 Å². The number of ether oxygens (including phenoxy) is 1. The van der Waals surface area contributed by atoms with E-state index in [9.17, 15) is 4.79 Å². The zero-order chi connectivity index (χ0) is 17.8. The number of aliphatic carboxylic acids is 1. The molecule has 1 N–H and O–H groups in total. The van der Waals surface area contributed by atoms with Gasteiger partial charge in [-0.05, 0) is 48.6 Å². The minimum Gasteiger partial charge on any atom is -0.493 e. The minimum absolute atomic E-state index is 0.0107. The Hall–Kier alpha value is -2.60. The Morgan fingerprint density at radius 1 is 1.32 bits per heavy atom. The van der Waals surface area contributed by atoms with Crippen molar-refractivity contribution < 1.29 is 19.1 Å². The van der Waals surface area contributed by atoms with E-state index in [1.807, 2.05) is 19.9 Å². The van der Waals surface area contributed by atoms with Crippen LogP contribution in [0.25, 0.3) is 10.8 Å². The number of carboxylic acids is 1. The van der Waals surface area contributed by atoms with E-state index >= 15 is 0 Å². The van der Waals surface area contributed by atoms with Crippen molar-refractivity contribution in [1.29, 1.82) is 0 Å². The molecule has 2 heterocycles. The topological polar surface area (TPSA) is 72.6 Å². The second-order valence-electron chi connectivity index (χ2n) is 5.83. The highest BCUT2D eigenvalue weighted by molar-refractivity contribution is 7.13. The lowest BCUT2D eigenvalue weighted by molar-refractivity contribution is -0.136. The first kappa shape index (κ1) is 17.2. The van der Waals surface area contributed by atoms with Gasteiger partial charge in [0.2, 0.25) is 5.89 Å². The van der Waals surface area contributed by atoms with Gasteiger partial charge >= 0.3 is 5.97 Å². The van der Waals surface area contributed by atoms with Crippen molar-refractivity contribution in [3.8, 4) is 16.5 Å². The maximum atomic E-state index is 10.8. The zero-order valence-corrected chi connectivity index (χ0v) is 14.9. The van der Waals surface area contributed by atoms with Crippen LogP contribution in [0, 0.1) is 13.8 Å². The normalized spacial score (nSPS) is 10.8. The number of aromatic nitrogens is 1. The monoisotopic (exact) mass is 357 g/mol. The highest BCUT2D eigenvalue weighted by Crippen LogP contribution is 2.28. The van der Waals surface area contributed by atoms with Crippen LogP contribution in [0.5, 0.6) is 5.75 Å². The fraction of sp³-hybridized carbons (Fsp3) is 0.263. The molecule has 5 nitrogen and oxygen atoms in total. The maximum absolute atomic E-state index is 10.8. The van der Waals surface area contributed by atoms with Crippen molar-refractivity contribution in [2.75, 3.05) is 6.61 Å². The van der Waals surface area contributed by atoms with Gasteiger partial charge in [-0.1, -0.05) is 12.1 Å². The third kappa shape index (κ3) is 4.48. The van der Waals surface area contributed by atoms with Crippen LogP contribution >= 0.6 is 11.3 Å². The van der Waals surface area contributed by atoms with E-state index in [-0.39, 0.29) is 6.42 Å². The summed E-state index contributed by atoms with van der Waals surface area (Å²) in [6.45, 7) is 4.40. The molecule has 2 aromatic heterocycles. The number of hydrogen-bond donors (Lipinski definition) is 1. The molecule has 0 aliphatic heterocycles. The first-order chi connectivity index (χ1) is 12.0. The predicted octanol–water partition coefficient (Wildman–Crippen LogP) is 4.27. The van der Waals surface area contributed by atoms with Crippen LogP contribution in [0.15, 0.2) is 40.1 Å².